The molecule has 1 aromatic carbocycles. The van der Waals surface area contributed by atoms with Gasteiger partial charge >= 0.3 is 0 Å². The monoisotopic (exact) mass is 299 g/mol. The van der Waals surface area contributed by atoms with E-state index in [0.29, 0.717) is 18.6 Å². The molecule has 0 radical (unpaired) electrons. The van der Waals surface area contributed by atoms with Crippen molar-refractivity contribution in [2.24, 2.45) is 5.92 Å². The molecule has 1 N–H and O–H groups in total. The van der Waals surface area contributed by atoms with Crippen LogP contribution in [0.3, 0.4) is 0 Å². The fourth-order valence-electron chi connectivity index (χ4n) is 1.41. The first-order valence-corrected chi connectivity index (χ1v) is 6.94. The number of hydrogen-bond acceptors (Lipinski definition) is 2. The van der Waals surface area contributed by atoms with Crippen molar-refractivity contribution in [3.63, 3.8) is 0 Å². The normalized spacial score (nSPS) is 13.0. The average Bonchev–Trinajstić information content (AvgIpc) is 2.28. The number of rotatable bonds is 7. The summed E-state index contributed by atoms with van der Waals surface area (Å²) in [6.45, 7) is 8.99. The summed E-state index contributed by atoms with van der Waals surface area (Å²) in [6, 6.07) is 8.76. The van der Waals surface area contributed by atoms with E-state index in [1.54, 1.807) is 0 Å². The Bertz CT molecular complexity index is 328. The van der Waals surface area contributed by atoms with E-state index in [9.17, 15) is 0 Å². The number of nitrogens with one attached hydrogen (secondary N) is 1. The van der Waals surface area contributed by atoms with Crippen molar-refractivity contribution in [2.75, 3.05) is 13.2 Å². The highest BCUT2D eigenvalue weighted by Crippen LogP contribution is 2.12. The number of halogens is 1. The molecule has 1 unspecified atom stereocenters. The minimum Gasteiger partial charge on any atom is -0.375 e. The van der Waals surface area contributed by atoms with Crippen LogP contribution in [0, 0.1) is 5.92 Å². The summed E-state index contributed by atoms with van der Waals surface area (Å²) in [5.74, 6) is 0.667. The second-order valence-electron chi connectivity index (χ2n) is 4.67. The summed E-state index contributed by atoms with van der Waals surface area (Å²) >= 11 is 3.45. The molecule has 2 nitrogen and oxygen atoms in total. The lowest BCUT2D eigenvalue weighted by molar-refractivity contribution is 0.119. The van der Waals surface area contributed by atoms with Crippen LogP contribution in [0.25, 0.3) is 0 Å². The van der Waals surface area contributed by atoms with E-state index in [1.165, 1.54) is 5.56 Å². The van der Waals surface area contributed by atoms with E-state index >= 15 is 0 Å². The largest absolute Gasteiger partial charge is 0.375 e. The summed E-state index contributed by atoms with van der Waals surface area (Å²) in [7, 11) is 0. The summed E-state index contributed by atoms with van der Waals surface area (Å²) in [6.07, 6.45) is 0. The van der Waals surface area contributed by atoms with E-state index in [-0.39, 0.29) is 0 Å². The van der Waals surface area contributed by atoms with Gasteiger partial charge in [-0.15, -0.1) is 0 Å². The second-order valence-corrected chi connectivity index (χ2v) is 5.58. The second kappa shape index (κ2) is 7.85. The molecule has 0 fully saturated rings. The number of ether oxygens (including phenoxy) is 1. The summed E-state index contributed by atoms with van der Waals surface area (Å²) in [5, 5.41) is 3.45. The van der Waals surface area contributed by atoms with Crippen LogP contribution in [0.5, 0.6) is 0 Å². The lowest BCUT2D eigenvalue weighted by Gasteiger charge is -2.17. The summed E-state index contributed by atoms with van der Waals surface area (Å²) in [4.78, 5) is 0. The van der Waals surface area contributed by atoms with Gasteiger partial charge in [-0.3, -0.25) is 0 Å². The van der Waals surface area contributed by atoms with Gasteiger partial charge in [-0.1, -0.05) is 41.9 Å². The first-order valence-electron chi connectivity index (χ1n) is 6.15. The third-order valence-corrected chi connectivity index (χ3v) is 3.36. The molecule has 0 aliphatic rings. The van der Waals surface area contributed by atoms with Crippen LogP contribution >= 0.6 is 15.9 Å². The van der Waals surface area contributed by atoms with Gasteiger partial charge in [-0.05, 0) is 30.5 Å². The SMILES string of the molecule is CC(C)C(C)NCCOCc1cccc(Br)c1. The molecule has 0 saturated carbocycles. The highest BCUT2D eigenvalue weighted by Gasteiger charge is 2.04. The minimum absolute atomic E-state index is 0.546. The number of benzene rings is 1. The zero-order chi connectivity index (χ0) is 12.7. The molecule has 0 heterocycles. The third kappa shape index (κ3) is 6.20. The van der Waals surface area contributed by atoms with Crippen LogP contribution in [0.15, 0.2) is 28.7 Å². The molecule has 0 aromatic heterocycles. The Morgan fingerprint density at radius 3 is 2.71 bits per heavy atom. The Morgan fingerprint density at radius 1 is 1.29 bits per heavy atom. The highest BCUT2D eigenvalue weighted by molar-refractivity contribution is 9.10. The quantitative estimate of drug-likeness (QED) is 0.777. The predicted molar refractivity (Wildman–Crippen MR) is 76.1 cm³/mol. The van der Waals surface area contributed by atoms with Crippen molar-refractivity contribution in [3.8, 4) is 0 Å². The van der Waals surface area contributed by atoms with Crippen LogP contribution in [0.4, 0.5) is 0 Å². The fraction of sp³-hybridized carbons (Fsp3) is 0.571. The lowest BCUT2D eigenvalue weighted by Crippen LogP contribution is -2.33. The Hall–Kier alpha value is -0.380. The molecule has 96 valence electrons. The molecule has 0 saturated heterocycles. The van der Waals surface area contributed by atoms with Gasteiger partial charge in [0.05, 0.1) is 13.2 Å². The van der Waals surface area contributed by atoms with Crippen LogP contribution in [-0.2, 0) is 11.3 Å². The standard InChI is InChI=1S/C14H22BrNO/c1-11(2)12(3)16-7-8-17-10-13-5-4-6-14(15)9-13/h4-6,9,11-12,16H,7-8,10H2,1-3H3. The maximum Gasteiger partial charge on any atom is 0.0717 e. The topological polar surface area (TPSA) is 21.3 Å². The third-order valence-electron chi connectivity index (χ3n) is 2.87. The van der Waals surface area contributed by atoms with Gasteiger partial charge < -0.3 is 10.1 Å². The van der Waals surface area contributed by atoms with Gasteiger partial charge in [0, 0.05) is 17.1 Å². The zero-order valence-corrected chi connectivity index (χ0v) is 12.5. The molecule has 17 heavy (non-hydrogen) atoms. The Morgan fingerprint density at radius 2 is 2.06 bits per heavy atom. The van der Waals surface area contributed by atoms with Crippen molar-refractivity contribution < 1.29 is 4.74 Å². The Labute approximate surface area is 113 Å². The predicted octanol–water partition coefficient (Wildman–Crippen LogP) is 3.60. The smallest absolute Gasteiger partial charge is 0.0717 e. The molecule has 1 aromatic rings. The molecule has 3 heteroatoms. The van der Waals surface area contributed by atoms with E-state index < -0.39 is 0 Å². The maximum atomic E-state index is 5.62. The fourth-order valence-corrected chi connectivity index (χ4v) is 1.86. The minimum atomic E-state index is 0.546. The molecule has 1 atom stereocenters. The van der Waals surface area contributed by atoms with Crippen LogP contribution in [0.2, 0.25) is 0 Å². The first kappa shape index (κ1) is 14.7. The highest BCUT2D eigenvalue weighted by atomic mass is 79.9. The summed E-state index contributed by atoms with van der Waals surface area (Å²) in [5.41, 5.74) is 1.20. The maximum absolute atomic E-state index is 5.62. The van der Waals surface area contributed by atoms with Gasteiger partial charge in [0.15, 0.2) is 0 Å². The molecule has 0 aliphatic carbocycles. The summed E-state index contributed by atoms with van der Waals surface area (Å²) < 4.78 is 6.72. The van der Waals surface area contributed by atoms with Crippen LogP contribution in [-0.4, -0.2) is 19.2 Å². The van der Waals surface area contributed by atoms with Crippen LogP contribution < -0.4 is 5.32 Å². The van der Waals surface area contributed by atoms with Crippen molar-refractivity contribution in [3.05, 3.63) is 34.3 Å². The van der Waals surface area contributed by atoms with E-state index in [0.717, 1.165) is 17.6 Å². The number of hydrogen-bond donors (Lipinski definition) is 1. The molecular weight excluding hydrogens is 278 g/mol. The van der Waals surface area contributed by atoms with Crippen molar-refractivity contribution >= 4 is 15.9 Å². The van der Waals surface area contributed by atoms with E-state index in [1.807, 2.05) is 12.1 Å². The molecule has 0 amide bonds. The van der Waals surface area contributed by atoms with Crippen molar-refractivity contribution in [1.29, 1.82) is 0 Å². The molecule has 0 spiro atoms. The molecule has 0 aliphatic heterocycles. The van der Waals surface area contributed by atoms with Crippen molar-refractivity contribution in [2.45, 2.75) is 33.4 Å². The van der Waals surface area contributed by atoms with Gasteiger partial charge in [-0.2, -0.15) is 0 Å². The van der Waals surface area contributed by atoms with E-state index in [4.69, 9.17) is 4.74 Å². The average molecular weight is 300 g/mol. The van der Waals surface area contributed by atoms with Gasteiger partial charge in [0.25, 0.3) is 0 Å². The van der Waals surface area contributed by atoms with Crippen LogP contribution in [0.1, 0.15) is 26.3 Å². The molecule has 0 bridgehead atoms. The first-order chi connectivity index (χ1) is 8.09. The van der Waals surface area contributed by atoms with Gasteiger partial charge in [-0.25, -0.2) is 0 Å². The van der Waals surface area contributed by atoms with Crippen molar-refractivity contribution in [1.82, 2.24) is 5.32 Å². The van der Waals surface area contributed by atoms with Gasteiger partial charge in [0.1, 0.15) is 0 Å². The molecular formula is C14H22BrNO. The Balaban J connectivity index is 2.12. The lowest BCUT2D eigenvalue weighted by atomic mass is 10.1. The van der Waals surface area contributed by atoms with Gasteiger partial charge in [0.2, 0.25) is 0 Å². The molecule has 1 rings (SSSR count). The zero-order valence-electron chi connectivity index (χ0n) is 10.9. The Kier molecular flexibility index (Phi) is 6.78. The van der Waals surface area contributed by atoms with E-state index in [2.05, 4.69) is 54.2 Å².